The minimum atomic E-state index is 0.571. The Labute approximate surface area is 106 Å². The van der Waals surface area contributed by atoms with Gasteiger partial charge in [0, 0.05) is 56.1 Å². The Morgan fingerprint density at radius 2 is 1.47 bits per heavy atom. The first-order valence-electron chi connectivity index (χ1n) is 7.15. The van der Waals surface area contributed by atoms with Gasteiger partial charge in [-0.25, -0.2) is 0 Å². The van der Waals surface area contributed by atoms with Crippen molar-refractivity contribution < 1.29 is 0 Å². The molecule has 2 atom stereocenters. The van der Waals surface area contributed by atoms with Crippen LogP contribution in [-0.4, -0.2) is 73.6 Å². The van der Waals surface area contributed by atoms with Gasteiger partial charge in [0.2, 0.25) is 0 Å². The summed E-state index contributed by atoms with van der Waals surface area (Å²) in [5.74, 6) is 0. The monoisotopic (exact) mass is 237 g/mol. The molecule has 0 radical (unpaired) electrons. The predicted molar refractivity (Wildman–Crippen MR) is 71.2 cm³/mol. The van der Waals surface area contributed by atoms with Crippen LogP contribution < -0.4 is 0 Å². The summed E-state index contributed by atoms with van der Waals surface area (Å²) in [6, 6.07) is 0.716. The quantitative estimate of drug-likeness (QED) is 0.708. The van der Waals surface area contributed by atoms with Crippen LogP contribution in [-0.2, 0) is 0 Å². The zero-order valence-corrected chi connectivity index (χ0v) is 11.9. The van der Waals surface area contributed by atoms with Crippen LogP contribution >= 0.6 is 0 Å². The highest BCUT2D eigenvalue weighted by atomic mass is 15.3. The maximum Gasteiger partial charge on any atom is 0.0178 e. The van der Waals surface area contributed by atoms with Gasteiger partial charge >= 0.3 is 0 Å². The van der Waals surface area contributed by atoms with Crippen molar-refractivity contribution in [2.24, 2.45) is 10.8 Å². The SMILES string of the molecule is CCN1CC23CN(C)CC2(C1)CN(C(C)C)C3. The highest BCUT2D eigenvalue weighted by molar-refractivity contribution is 5.19. The minimum absolute atomic E-state index is 0.571. The Morgan fingerprint density at radius 3 is 1.88 bits per heavy atom. The van der Waals surface area contributed by atoms with Gasteiger partial charge in [-0.3, -0.25) is 4.90 Å². The van der Waals surface area contributed by atoms with Crippen LogP contribution in [0.4, 0.5) is 0 Å². The minimum Gasteiger partial charge on any atom is -0.305 e. The van der Waals surface area contributed by atoms with E-state index >= 15 is 0 Å². The van der Waals surface area contributed by atoms with Gasteiger partial charge in [-0.1, -0.05) is 6.92 Å². The lowest BCUT2D eigenvalue weighted by atomic mass is 9.71. The molecule has 2 unspecified atom stereocenters. The van der Waals surface area contributed by atoms with Crippen molar-refractivity contribution >= 4 is 0 Å². The smallest absolute Gasteiger partial charge is 0.0178 e. The van der Waals surface area contributed by atoms with E-state index in [9.17, 15) is 0 Å². The average Bonchev–Trinajstić information content (AvgIpc) is 2.72. The third-order valence-corrected chi connectivity index (χ3v) is 5.51. The summed E-state index contributed by atoms with van der Waals surface area (Å²) < 4.78 is 0. The number of rotatable bonds is 2. The normalized spacial score (nSPS) is 43.6. The molecule has 3 heterocycles. The van der Waals surface area contributed by atoms with Crippen molar-refractivity contribution in [1.29, 1.82) is 0 Å². The summed E-state index contributed by atoms with van der Waals surface area (Å²) >= 11 is 0. The summed E-state index contributed by atoms with van der Waals surface area (Å²) in [4.78, 5) is 7.98. The third-order valence-electron chi connectivity index (χ3n) is 5.51. The van der Waals surface area contributed by atoms with Gasteiger partial charge < -0.3 is 9.80 Å². The Bertz CT molecular complexity index is 293. The summed E-state index contributed by atoms with van der Waals surface area (Å²) in [6.45, 7) is 16.2. The van der Waals surface area contributed by atoms with Crippen LogP contribution in [0.15, 0.2) is 0 Å². The molecule has 0 spiro atoms. The molecule has 17 heavy (non-hydrogen) atoms. The van der Waals surface area contributed by atoms with Crippen molar-refractivity contribution in [2.45, 2.75) is 26.8 Å². The molecule has 3 aliphatic heterocycles. The van der Waals surface area contributed by atoms with Crippen LogP contribution in [0.1, 0.15) is 20.8 Å². The van der Waals surface area contributed by atoms with E-state index in [4.69, 9.17) is 0 Å². The van der Waals surface area contributed by atoms with Crippen LogP contribution in [0.5, 0.6) is 0 Å². The summed E-state index contributed by atoms with van der Waals surface area (Å²) in [7, 11) is 2.31. The van der Waals surface area contributed by atoms with Gasteiger partial charge in [0.15, 0.2) is 0 Å². The van der Waals surface area contributed by atoms with Gasteiger partial charge in [-0.15, -0.1) is 0 Å². The molecule has 0 aromatic heterocycles. The van der Waals surface area contributed by atoms with E-state index < -0.39 is 0 Å². The molecular formula is C14H27N3. The van der Waals surface area contributed by atoms with Crippen molar-refractivity contribution in [3.63, 3.8) is 0 Å². The maximum atomic E-state index is 2.72. The second kappa shape index (κ2) is 3.69. The topological polar surface area (TPSA) is 9.72 Å². The fourth-order valence-corrected chi connectivity index (χ4v) is 4.73. The highest BCUT2D eigenvalue weighted by Crippen LogP contribution is 2.56. The molecule has 0 bridgehead atoms. The third kappa shape index (κ3) is 1.52. The van der Waals surface area contributed by atoms with Crippen LogP contribution in [0.3, 0.4) is 0 Å². The molecule has 3 fully saturated rings. The first-order chi connectivity index (χ1) is 8.00. The fraction of sp³-hybridized carbons (Fsp3) is 1.00. The van der Waals surface area contributed by atoms with E-state index in [0.717, 1.165) is 0 Å². The van der Waals surface area contributed by atoms with E-state index in [0.29, 0.717) is 16.9 Å². The molecule has 3 nitrogen and oxygen atoms in total. The largest absolute Gasteiger partial charge is 0.305 e. The summed E-state index contributed by atoms with van der Waals surface area (Å²) in [5.41, 5.74) is 1.14. The predicted octanol–water partition coefficient (Wildman–Crippen LogP) is 0.964. The van der Waals surface area contributed by atoms with Gasteiger partial charge in [0.1, 0.15) is 0 Å². The van der Waals surface area contributed by atoms with Crippen molar-refractivity contribution in [1.82, 2.24) is 14.7 Å². The average molecular weight is 237 g/mol. The Morgan fingerprint density at radius 1 is 0.941 bits per heavy atom. The molecule has 98 valence electrons. The van der Waals surface area contributed by atoms with E-state index in [2.05, 4.69) is 42.5 Å². The highest BCUT2D eigenvalue weighted by Gasteiger charge is 2.66. The zero-order valence-electron chi connectivity index (χ0n) is 11.9. The molecule has 3 heteroatoms. The number of nitrogens with zero attached hydrogens (tertiary/aromatic N) is 3. The number of hydrogen-bond acceptors (Lipinski definition) is 3. The van der Waals surface area contributed by atoms with E-state index in [1.54, 1.807) is 0 Å². The molecule has 0 amide bonds. The summed E-state index contributed by atoms with van der Waals surface area (Å²) in [5, 5.41) is 0. The zero-order chi connectivity index (χ0) is 12.3. The second-order valence-electron chi connectivity index (χ2n) is 7.03. The maximum absolute atomic E-state index is 2.72. The van der Waals surface area contributed by atoms with E-state index in [1.165, 1.54) is 45.8 Å². The van der Waals surface area contributed by atoms with E-state index in [-0.39, 0.29) is 0 Å². The second-order valence-corrected chi connectivity index (χ2v) is 7.03. The molecule has 0 aromatic carbocycles. The molecule has 3 saturated heterocycles. The molecule has 0 aliphatic carbocycles. The van der Waals surface area contributed by atoms with Gasteiger partial charge in [-0.2, -0.15) is 0 Å². The lowest BCUT2D eigenvalue weighted by Crippen LogP contribution is -2.41. The first-order valence-corrected chi connectivity index (χ1v) is 7.15. The molecule has 3 aliphatic rings. The van der Waals surface area contributed by atoms with Gasteiger partial charge in [-0.05, 0) is 27.4 Å². The van der Waals surface area contributed by atoms with Crippen LogP contribution in [0.25, 0.3) is 0 Å². The summed E-state index contributed by atoms with van der Waals surface area (Å²) in [6.07, 6.45) is 0. The lowest BCUT2D eigenvalue weighted by molar-refractivity contribution is 0.158. The molecule has 0 saturated carbocycles. The Kier molecular flexibility index (Phi) is 2.59. The van der Waals surface area contributed by atoms with Gasteiger partial charge in [0.25, 0.3) is 0 Å². The Balaban J connectivity index is 1.89. The van der Waals surface area contributed by atoms with Crippen LogP contribution in [0, 0.1) is 10.8 Å². The van der Waals surface area contributed by atoms with Crippen molar-refractivity contribution in [2.75, 3.05) is 52.9 Å². The molecule has 0 aromatic rings. The van der Waals surface area contributed by atoms with Crippen molar-refractivity contribution in [3.8, 4) is 0 Å². The fourth-order valence-electron chi connectivity index (χ4n) is 4.73. The molecular weight excluding hydrogens is 210 g/mol. The number of likely N-dealkylation sites (tertiary alicyclic amines) is 3. The lowest BCUT2D eigenvalue weighted by Gasteiger charge is -2.30. The molecule has 0 N–H and O–H groups in total. The van der Waals surface area contributed by atoms with Crippen molar-refractivity contribution in [3.05, 3.63) is 0 Å². The van der Waals surface area contributed by atoms with Gasteiger partial charge in [0.05, 0.1) is 0 Å². The van der Waals surface area contributed by atoms with E-state index in [1.807, 2.05) is 0 Å². The first kappa shape index (κ1) is 11.9. The van der Waals surface area contributed by atoms with Crippen LogP contribution in [0.2, 0.25) is 0 Å². The Hall–Kier alpha value is -0.120. The standard InChI is InChI=1S/C14H27N3/c1-5-16-8-13-6-15(4)7-14(13,9-16)11-17(10-13)12(2)3/h12H,5-11H2,1-4H3. The molecule has 3 rings (SSSR count). The number of hydrogen-bond donors (Lipinski definition) is 0.